The molecule has 1 aliphatic rings. The van der Waals surface area contributed by atoms with Crippen LogP contribution in [0.15, 0.2) is 35.3 Å². The maximum Gasteiger partial charge on any atom is 0.410 e. The zero-order valence-electron chi connectivity index (χ0n) is 18.5. The van der Waals surface area contributed by atoms with Crippen LogP contribution in [0, 0.1) is 0 Å². The van der Waals surface area contributed by atoms with E-state index in [1.54, 1.807) is 11.0 Å². The number of pyridine rings is 1. The molecule has 0 radical (unpaired) electrons. The minimum absolute atomic E-state index is 0.230. The smallest absolute Gasteiger partial charge is 0.410 e. The number of anilines is 3. The predicted octanol–water partition coefficient (Wildman–Crippen LogP) is 4.43. The van der Waals surface area contributed by atoms with Crippen molar-refractivity contribution in [2.24, 2.45) is 0 Å². The van der Waals surface area contributed by atoms with Crippen LogP contribution in [0.3, 0.4) is 0 Å². The minimum atomic E-state index is -0.519. The van der Waals surface area contributed by atoms with Crippen LogP contribution in [0.5, 0.6) is 0 Å². The van der Waals surface area contributed by atoms with E-state index in [0.29, 0.717) is 53.5 Å². The van der Waals surface area contributed by atoms with Gasteiger partial charge in [-0.1, -0.05) is 23.2 Å². The third-order valence-electron chi connectivity index (χ3n) is 5.12. The first kappa shape index (κ1) is 23.1. The van der Waals surface area contributed by atoms with Gasteiger partial charge in [-0.15, -0.1) is 0 Å². The normalized spacial score (nSPS) is 14.5. The van der Waals surface area contributed by atoms with E-state index in [-0.39, 0.29) is 16.8 Å². The molecule has 1 fully saturated rings. The van der Waals surface area contributed by atoms with E-state index in [2.05, 4.69) is 25.4 Å². The number of carbonyl (C=O) groups is 1. The highest BCUT2D eigenvalue weighted by atomic mass is 35.5. The average Bonchev–Trinajstić information content (AvgIpc) is 2.74. The summed E-state index contributed by atoms with van der Waals surface area (Å²) in [6.45, 7) is 7.99. The molecule has 0 unspecified atom stereocenters. The molecule has 0 bridgehead atoms. The summed E-state index contributed by atoms with van der Waals surface area (Å²) in [5.41, 5.74) is 0.616. The Morgan fingerprint density at radius 3 is 2.55 bits per heavy atom. The lowest BCUT2D eigenvalue weighted by Crippen LogP contribution is -2.50. The Morgan fingerprint density at radius 1 is 1.15 bits per heavy atom. The number of hydrogen-bond donors (Lipinski definition) is 2. The van der Waals surface area contributed by atoms with Gasteiger partial charge in [0.2, 0.25) is 0 Å². The largest absolute Gasteiger partial charge is 0.444 e. The van der Waals surface area contributed by atoms with Crippen LogP contribution >= 0.6 is 23.2 Å². The van der Waals surface area contributed by atoms with Gasteiger partial charge in [-0.2, -0.15) is 5.10 Å². The third-order valence-corrected chi connectivity index (χ3v) is 5.62. The second kappa shape index (κ2) is 9.07. The Morgan fingerprint density at radius 2 is 1.88 bits per heavy atom. The highest BCUT2D eigenvalue weighted by Crippen LogP contribution is 2.32. The Labute approximate surface area is 200 Å². The van der Waals surface area contributed by atoms with Crippen LogP contribution in [0.25, 0.3) is 10.8 Å². The number of halogens is 2. The first-order valence-corrected chi connectivity index (χ1v) is 11.2. The van der Waals surface area contributed by atoms with E-state index in [0.717, 1.165) is 5.69 Å². The number of aromatic nitrogens is 3. The molecule has 0 saturated carbocycles. The maximum atomic E-state index is 12.3. The molecule has 1 amide bonds. The van der Waals surface area contributed by atoms with Crippen molar-refractivity contribution in [3.8, 4) is 0 Å². The van der Waals surface area contributed by atoms with E-state index in [4.69, 9.17) is 27.9 Å². The Kier molecular flexibility index (Phi) is 6.36. The first-order chi connectivity index (χ1) is 15.6. The molecule has 0 spiro atoms. The molecule has 3 aromatic rings. The Bertz CT molecular complexity index is 1250. The molecular weight excluding hydrogens is 467 g/mol. The van der Waals surface area contributed by atoms with E-state index in [1.807, 2.05) is 39.0 Å². The summed E-state index contributed by atoms with van der Waals surface area (Å²) >= 11 is 12.7. The fourth-order valence-electron chi connectivity index (χ4n) is 3.58. The molecule has 2 N–H and O–H groups in total. The van der Waals surface area contributed by atoms with Crippen molar-refractivity contribution < 1.29 is 9.53 Å². The van der Waals surface area contributed by atoms with Gasteiger partial charge in [0.25, 0.3) is 5.56 Å². The van der Waals surface area contributed by atoms with Gasteiger partial charge in [0.15, 0.2) is 0 Å². The number of rotatable bonds is 3. The topological polar surface area (TPSA) is 103 Å². The summed E-state index contributed by atoms with van der Waals surface area (Å²) in [5.74, 6) is 0.293. The molecule has 33 heavy (non-hydrogen) atoms. The van der Waals surface area contributed by atoms with E-state index in [9.17, 15) is 9.59 Å². The van der Waals surface area contributed by atoms with Crippen molar-refractivity contribution in [2.75, 3.05) is 36.4 Å². The number of ether oxygens (including phenoxy) is 1. The minimum Gasteiger partial charge on any atom is -0.444 e. The molecule has 11 heteroatoms. The van der Waals surface area contributed by atoms with Gasteiger partial charge in [0.05, 0.1) is 22.3 Å². The number of fused-ring (bicyclic) bond motifs is 1. The molecule has 2 aromatic heterocycles. The highest BCUT2D eigenvalue weighted by molar-refractivity contribution is 6.33. The standard InChI is InChI=1S/C22H24Cl2N6O3/c1-22(2,3)33-21(32)30-8-6-29(7-9-30)14-4-5-16(15(23)11-14)26-19-18-13(10-17(24)27-19)12-25-28-20(18)31/h4-5,10-12H,6-9H2,1-3H3,(H,26,27)(H,28,31). The van der Waals surface area contributed by atoms with Crippen LogP contribution in [0.1, 0.15) is 20.8 Å². The fourth-order valence-corrected chi connectivity index (χ4v) is 4.01. The molecule has 4 rings (SSSR count). The summed E-state index contributed by atoms with van der Waals surface area (Å²) < 4.78 is 5.45. The van der Waals surface area contributed by atoms with E-state index in [1.165, 1.54) is 6.20 Å². The number of carbonyl (C=O) groups excluding carboxylic acids is 1. The van der Waals surface area contributed by atoms with E-state index >= 15 is 0 Å². The Hall–Kier alpha value is -3.04. The van der Waals surface area contributed by atoms with Gasteiger partial charge < -0.3 is 19.9 Å². The number of piperazine rings is 1. The fraction of sp³-hybridized carbons (Fsp3) is 0.364. The molecule has 0 aliphatic carbocycles. The quantitative estimate of drug-likeness (QED) is 0.523. The second-order valence-corrected chi connectivity index (χ2v) is 9.49. The molecule has 3 heterocycles. The lowest BCUT2D eigenvalue weighted by atomic mass is 10.2. The lowest BCUT2D eigenvalue weighted by Gasteiger charge is -2.36. The number of nitrogens with zero attached hydrogens (tertiary/aromatic N) is 4. The molecule has 0 atom stereocenters. The van der Waals surface area contributed by atoms with Gasteiger partial charge in [-0.3, -0.25) is 4.79 Å². The van der Waals surface area contributed by atoms with Crippen LogP contribution in [-0.2, 0) is 4.74 Å². The third kappa shape index (κ3) is 5.31. The van der Waals surface area contributed by atoms with Crippen molar-refractivity contribution in [1.82, 2.24) is 20.1 Å². The molecular formula is C22H24Cl2N6O3. The number of nitrogens with one attached hydrogen (secondary N) is 2. The first-order valence-electron chi connectivity index (χ1n) is 10.4. The molecule has 1 saturated heterocycles. The summed E-state index contributed by atoms with van der Waals surface area (Å²) in [7, 11) is 0. The summed E-state index contributed by atoms with van der Waals surface area (Å²) in [5, 5.41) is 10.9. The van der Waals surface area contributed by atoms with Gasteiger partial charge in [0.1, 0.15) is 16.6 Å². The number of H-pyrrole nitrogens is 1. The summed E-state index contributed by atoms with van der Waals surface area (Å²) in [6, 6.07) is 7.16. The maximum absolute atomic E-state index is 12.3. The van der Waals surface area contributed by atoms with Crippen molar-refractivity contribution in [2.45, 2.75) is 26.4 Å². The second-order valence-electron chi connectivity index (χ2n) is 8.70. The monoisotopic (exact) mass is 490 g/mol. The number of benzene rings is 1. The summed E-state index contributed by atoms with van der Waals surface area (Å²) in [6.07, 6.45) is 1.21. The van der Waals surface area contributed by atoms with Crippen LogP contribution in [0.2, 0.25) is 10.2 Å². The molecule has 174 valence electrons. The van der Waals surface area contributed by atoms with Crippen molar-refractivity contribution in [1.29, 1.82) is 0 Å². The predicted molar refractivity (Wildman–Crippen MR) is 130 cm³/mol. The van der Waals surface area contributed by atoms with Gasteiger partial charge in [0, 0.05) is 37.3 Å². The SMILES string of the molecule is CC(C)(C)OC(=O)N1CCN(c2ccc(Nc3nc(Cl)cc4cn[nH]c(=O)c34)c(Cl)c2)CC1. The number of hydrogen-bond acceptors (Lipinski definition) is 7. The Balaban J connectivity index is 1.49. The van der Waals surface area contributed by atoms with Gasteiger partial charge in [-0.25, -0.2) is 14.9 Å². The average molecular weight is 491 g/mol. The van der Waals surface area contributed by atoms with Crippen molar-refractivity contribution in [3.05, 3.63) is 51.0 Å². The van der Waals surface area contributed by atoms with Crippen LogP contribution < -0.4 is 15.8 Å². The van der Waals surface area contributed by atoms with Crippen LogP contribution in [0.4, 0.5) is 22.0 Å². The molecule has 1 aromatic carbocycles. The van der Waals surface area contributed by atoms with Crippen molar-refractivity contribution >= 4 is 57.3 Å². The van der Waals surface area contributed by atoms with Crippen LogP contribution in [-0.4, -0.2) is 58.0 Å². The zero-order valence-corrected chi connectivity index (χ0v) is 20.0. The highest BCUT2D eigenvalue weighted by Gasteiger charge is 2.26. The number of amides is 1. The van der Waals surface area contributed by atoms with Gasteiger partial charge >= 0.3 is 6.09 Å². The van der Waals surface area contributed by atoms with E-state index < -0.39 is 5.60 Å². The zero-order chi connectivity index (χ0) is 23.8. The molecule has 9 nitrogen and oxygen atoms in total. The lowest BCUT2D eigenvalue weighted by molar-refractivity contribution is 0.0240. The van der Waals surface area contributed by atoms with Crippen molar-refractivity contribution in [3.63, 3.8) is 0 Å². The van der Waals surface area contributed by atoms with Gasteiger partial charge in [-0.05, 0) is 45.0 Å². The number of aromatic amines is 1. The molecule has 1 aliphatic heterocycles. The summed E-state index contributed by atoms with van der Waals surface area (Å²) in [4.78, 5) is 32.7.